The Bertz CT molecular complexity index is 554. The normalized spacial score (nSPS) is 17.2. The Morgan fingerprint density at radius 1 is 1.50 bits per heavy atom. The van der Waals surface area contributed by atoms with E-state index in [0.717, 1.165) is 5.56 Å². The van der Waals surface area contributed by atoms with Crippen molar-refractivity contribution in [1.82, 2.24) is 10.2 Å². The highest BCUT2D eigenvalue weighted by Crippen LogP contribution is 2.27. The number of phenols is 1. The molecule has 0 unspecified atom stereocenters. The fourth-order valence-corrected chi connectivity index (χ4v) is 1.77. The lowest BCUT2D eigenvalue weighted by Gasteiger charge is -2.04. The number of thiocarbonyl (C=S) groups is 1. The van der Waals surface area contributed by atoms with Crippen LogP contribution in [-0.4, -0.2) is 35.2 Å². The summed E-state index contributed by atoms with van der Waals surface area (Å²) in [5.74, 6) is 0.218. The smallest absolute Gasteiger partial charge is 0.276 e. The van der Waals surface area contributed by atoms with Crippen molar-refractivity contribution in [3.8, 4) is 11.5 Å². The Balaban J connectivity index is 2.34. The largest absolute Gasteiger partial charge is 0.504 e. The van der Waals surface area contributed by atoms with E-state index >= 15 is 0 Å². The molecular weight excluding hydrogens is 252 g/mol. The van der Waals surface area contributed by atoms with Gasteiger partial charge in [-0.1, -0.05) is 6.07 Å². The number of amides is 1. The Morgan fingerprint density at radius 3 is 2.78 bits per heavy atom. The molecule has 94 valence electrons. The number of aromatic hydroxyl groups is 1. The molecule has 1 aromatic carbocycles. The van der Waals surface area contributed by atoms with Gasteiger partial charge in [-0.25, -0.2) is 0 Å². The number of nitrogens with zero attached hydrogens (tertiary/aromatic N) is 1. The number of carbonyl (C=O) groups excluding carboxylic acids is 1. The summed E-state index contributed by atoms with van der Waals surface area (Å²) in [6.07, 6.45) is 1.65. The van der Waals surface area contributed by atoms with Crippen molar-refractivity contribution in [2.75, 3.05) is 14.2 Å². The SMILES string of the molecule is COc1cc(/C=C2/NC(=S)N(C)C2=O)ccc1O. The third kappa shape index (κ3) is 2.14. The van der Waals surface area contributed by atoms with Gasteiger partial charge in [0.25, 0.3) is 5.91 Å². The molecule has 0 bridgehead atoms. The van der Waals surface area contributed by atoms with Crippen LogP contribution in [0.3, 0.4) is 0 Å². The van der Waals surface area contributed by atoms with Gasteiger partial charge < -0.3 is 15.2 Å². The summed E-state index contributed by atoms with van der Waals surface area (Å²) in [5, 5.41) is 12.7. The average molecular weight is 264 g/mol. The lowest BCUT2D eigenvalue weighted by atomic mass is 10.1. The molecule has 0 aliphatic carbocycles. The van der Waals surface area contributed by atoms with Crippen LogP contribution >= 0.6 is 12.2 Å². The van der Waals surface area contributed by atoms with Gasteiger partial charge in [0.15, 0.2) is 16.6 Å². The number of methoxy groups -OCH3 is 1. The topological polar surface area (TPSA) is 61.8 Å². The molecule has 1 heterocycles. The fourth-order valence-electron chi connectivity index (χ4n) is 1.57. The zero-order valence-corrected chi connectivity index (χ0v) is 10.7. The molecule has 0 aromatic heterocycles. The van der Waals surface area contributed by atoms with Crippen molar-refractivity contribution < 1.29 is 14.6 Å². The number of benzene rings is 1. The van der Waals surface area contributed by atoms with E-state index in [0.29, 0.717) is 16.6 Å². The third-order valence-corrected chi connectivity index (χ3v) is 2.97. The summed E-state index contributed by atoms with van der Waals surface area (Å²) in [4.78, 5) is 13.1. The highest BCUT2D eigenvalue weighted by molar-refractivity contribution is 7.80. The van der Waals surface area contributed by atoms with Crippen LogP contribution in [0, 0.1) is 0 Å². The third-order valence-electron chi connectivity index (χ3n) is 2.60. The average Bonchev–Trinajstić information content (AvgIpc) is 2.59. The van der Waals surface area contributed by atoms with Gasteiger partial charge >= 0.3 is 0 Å². The molecule has 0 saturated carbocycles. The lowest BCUT2D eigenvalue weighted by Crippen LogP contribution is -2.25. The van der Waals surface area contributed by atoms with Crippen LogP contribution in [0.5, 0.6) is 11.5 Å². The molecule has 18 heavy (non-hydrogen) atoms. The molecule has 1 aliphatic rings. The monoisotopic (exact) mass is 264 g/mol. The second kappa shape index (κ2) is 4.66. The number of hydrogen-bond acceptors (Lipinski definition) is 4. The van der Waals surface area contributed by atoms with Crippen LogP contribution in [0.4, 0.5) is 0 Å². The molecule has 0 atom stereocenters. The van der Waals surface area contributed by atoms with Crippen molar-refractivity contribution in [1.29, 1.82) is 0 Å². The van der Waals surface area contributed by atoms with Gasteiger partial charge in [-0.15, -0.1) is 0 Å². The predicted molar refractivity (Wildman–Crippen MR) is 71.1 cm³/mol. The summed E-state index contributed by atoms with van der Waals surface area (Å²) in [6, 6.07) is 4.83. The van der Waals surface area contributed by atoms with Crippen molar-refractivity contribution >= 4 is 29.3 Å². The summed E-state index contributed by atoms with van der Waals surface area (Å²) < 4.78 is 5.00. The standard InChI is InChI=1S/C12H12N2O3S/c1-14-11(16)8(13-12(14)18)5-7-3-4-9(15)10(6-7)17-2/h3-6,15H,1-2H3,(H,13,18)/b8-5+. The molecule has 6 heteroatoms. The van der Waals surface area contributed by atoms with Crippen molar-refractivity contribution in [2.24, 2.45) is 0 Å². The molecule has 0 radical (unpaired) electrons. The molecule has 2 N–H and O–H groups in total. The van der Waals surface area contributed by atoms with Crippen LogP contribution in [0.15, 0.2) is 23.9 Å². The number of likely N-dealkylation sites (N-methyl/N-ethyl adjacent to an activating group) is 1. The highest BCUT2D eigenvalue weighted by atomic mass is 32.1. The van der Waals surface area contributed by atoms with Gasteiger partial charge in [-0.3, -0.25) is 9.69 Å². The van der Waals surface area contributed by atoms with Crippen LogP contribution in [0.25, 0.3) is 6.08 Å². The fraction of sp³-hybridized carbons (Fsp3) is 0.167. The zero-order valence-electron chi connectivity index (χ0n) is 9.93. The Morgan fingerprint density at radius 2 is 2.22 bits per heavy atom. The molecule has 1 aromatic rings. The number of phenolic OH excluding ortho intramolecular Hbond substituents is 1. The molecule has 1 fully saturated rings. The maximum Gasteiger partial charge on any atom is 0.276 e. The highest BCUT2D eigenvalue weighted by Gasteiger charge is 2.26. The minimum Gasteiger partial charge on any atom is -0.504 e. The maximum absolute atomic E-state index is 11.8. The number of carbonyl (C=O) groups is 1. The second-order valence-electron chi connectivity index (χ2n) is 3.78. The van der Waals surface area contributed by atoms with Gasteiger partial charge in [-0.05, 0) is 36.0 Å². The van der Waals surface area contributed by atoms with Crippen LogP contribution in [-0.2, 0) is 4.79 Å². The van der Waals surface area contributed by atoms with Crippen molar-refractivity contribution in [3.63, 3.8) is 0 Å². The first-order valence-electron chi connectivity index (χ1n) is 5.20. The first-order valence-corrected chi connectivity index (χ1v) is 5.61. The van der Waals surface area contributed by atoms with Gasteiger partial charge in [0.1, 0.15) is 5.70 Å². The number of hydrogen-bond donors (Lipinski definition) is 2. The maximum atomic E-state index is 11.8. The predicted octanol–water partition coefficient (Wildman–Crippen LogP) is 1.09. The van der Waals surface area contributed by atoms with Crippen LogP contribution in [0.2, 0.25) is 0 Å². The van der Waals surface area contributed by atoms with E-state index in [1.54, 1.807) is 25.3 Å². The van der Waals surface area contributed by atoms with Crippen LogP contribution < -0.4 is 10.1 Å². The molecule has 2 rings (SSSR count). The zero-order chi connectivity index (χ0) is 13.3. The first-order chi connectivity index (χ1) is 8.52. The first kappa shape index (κ1) is 12.4. The molecule has 1 amide bonds. The van der Waals surface area contributed by atoms with Crippen molar-refractivity contribution in [2.45, 2.75) is 0 Å². The van der Waals surface area contributed by atoms with E-state index in [1.807, 2.05) is 0 Å². The molecular formula is C12H12N2O3S. The summed E-state index contributed by atoms with van der Waals surface area (Å²) in [5.41, 5.74) is 1.13. The summed E-state index contributed by atoms with van der Waals surface area (Å²) in [6.45, 7) is 0. The van der Waals surface area contributed by atoms with E-state index < -0.39 is 0 Å². The molecule has 1 aliphatic heterocycles. The number of ether oxygens (including phenoxy) is 1. The van der Waals surface area contributed by atoms with Gasteiger partial charge in [0.2, 0.25) is 0 Å². The molecule has 1 saturated heterocycles. The summed E-state index contributed by atoms with van der Waals surface area (Å²) in [7, 11) is 3.07. The van der Waals surface area contributed by atoms with E-state index in [-0.39, 0.29) is 11.7 Å². The van der Waals surface area contributed by atoms with E-state index in [9.17, 15) is 9.90 Å². The lowest BCUT2D eigenvalue weighted by molar-refractivity contribution is -0.121. The Labute approximate surface area is 110 Å². The Hall–Kier alpha value is -2.08. The van der Waals surface area contributed by atoms with Gasteiger partial charge in [0, 0.05) is 7.05 Å². The molecule has 5 nitrogen and oxygen atoms in total. The van der Waals surface area contributed by atoms with Crippen molar-refractivity contribution in [3.05, 3.63) is 29.5 Å². The summed E-state index contributed by atoms with van der Waals surface area (Å²) >= 11 is 4.97. The van der Waals surface area contributed by atoms with Crippen LogP contribution in [0.1, 0.15) is 5.56 Å². The number of nitrogens with one attached hydrogen (secondary N) is 1. The van der Waals surface area contributed by atoms with Gasteiger partial charge in [0.05, 0.1) is 7.11 Å². The number of rotatable bonds is 2. The molecule has 0 spiro atoms. The minimum absolute atomic E-state index is 0.0537. The second-order valence-corrected chi connectivity index (χ2v) is 4.17. The van der Waals surface area contributed by atoms with E-state index in [1.165, 1.54) is 18.1 Å². The Kier molecular flexibility index (Phi) is 3.20. The minimum atomic E-state index is -0.188. The van der Waals surface area contributed by atoms with Gasteiger partial charge in [-0.2, -0.15) is 0 Å². The quantitative estimate of drug-likeness (QED) is 0.618. The van der Waals surface area contributed by atoms with E-state index in [2.05, 4.69) is 5.32 Å². The van der Waals surface area contributed by atoms with E-state index in [4.69, 9.17) is 17.0 Å².